The summed E-state index contributed by atoms with van der Waals surface area (Å²) in [5, 5.41) is 0. The van der Waals surface area contributed by atoms with Crippen LogP contribution in [0.25, 0.3) is 0 Å². The number of rotatable bonds is 5. The van der Waals surface area contributed by atoms with Gasteiger partial charge in [0.25, 0.3) is 0 Å². The zero-order valence-corrected chi connectivity index (χ0v) is 16.6. The zero-order valence-electron chi connectivity index (χ0n) is 16.6. The topological polar surface area (TPSA) is 18.5 Å². The van der Waals surface area contributed by atoms with E-state index in [1.165, 1.54) is 32.9 Å². The summed E-state index contributed by atoms with van der Waals surface area (Å²) >= 11 is 0. The lowest BCUT2D eigenvalue weighted by Crippen LogP contribution is -2.54. The van der Waals surface area contributed by atoms with Gasteiger partial charge in [-0.3, -0.25) is 0 Å². The van der Waals surface area contributed by atoms with E-state index < -0.39 is 36.1 Å². The molecule has 0 aliphatic rings. The lowest BCUT2D eigenvalue weighted by Gasteiger charge is -2.33. The Balaban J connectivity index is 3.32. The molecule has 0 radical (unpaired) electrons. The molecule has 1 unspecified atom stereocenters. The van der Waals surface area contributed by atoms with E-state index in [0.717, 1.165) is 5.56 Å². The minimum Gasteiger partial charge on any atom is -0.230 e. The van der Waals surface area contributed by atoms with Crippen molar-refractivity contribution in [2.75, 3.05) is 0 Å². The summed E-state index contributed by atoms with van der Waals surface area (Å²) in [6.45, 7) is 10.1. The second-order valence-corrected chi connectivity index (χ2v) is 8.65. The molecule has 0 saturated carbocycles. The standard InChI is InChI=1S/C19H25F7O2/c1-15(2,3)13-9-7-12(8-10-13)14(27-28-16(4,5)6)11-17(20,18(21,22)23)19(24,25)26/h7-10,14H,11H2,1-6H3. The highest BCUT2D eigenvalue weighted by Gasteiger charge is 2.73. The molecule has 9 heteroatoms. The molecular weight excluding hydrogens is 393 g/mol. The lowest BCUT2D eigenvalue weighted by molar-refractivity contribution is -0.398. The predicted molar refractivity (Wildman–Crippen MR) is 90.4 cm³/mol. The average Bonchev–Trinajstić information content (AvgIpc) is 2.47. The molecule has 0 aliphatic carbocycles. The van der Waals surface area contributed by atoms with Gasteiger partial charge in [-0.1, -0.05) is 45.0 Å². The molecule has 1 aromatic rings. The van der Waals surface area contributed by atoms with Gasteiger partial charge in [-0.25, -0.2) is 14.2 Å². The molecule has 162 valence electrons. The van der Waals surface area contributed by atoms with E-state index in [4.69, 9.17) is 9.78 Å². The van der Waals surface area contributed by atoms with Gasteiger partial charge in [0.2, 0.25) is 0 Å². The first kappa shape index (κ1) is 24.7. The SMILES string of the molecule is CC(C)(C)OOC(CC(F)(C(F)(F)F)C(F)(F)F)c1ccc(C(C)(C)C)cc1. The van der Waals surface area contributed by atoms with Crippen molar-refractivity contribution in [3.8, 4) is 0 Å². The van der Waals surface area contributed by atoms with Gasteiger partial charge >= 0.3 is 18.0 Å². The fourth-order valence-corrected chi connectivity index (χ4v) is 2.26. The normalized spacial score (nSPS) is 15.6. The second kappa shape index (κ2) is 7.82. The summed E-state index contributed by atoms with van der Waals surface area (Å²) in [5.74, 6) is 0. The molecular formula is C19H25F7O2. The van der Waals surface area contributed by atoms with Crippen LogP contribution < -0.4 is 0 Å². The molecule has 0 amide bonds. The Kier molecular flexibility index (Phi) is 6.89. The highest BCUT2D eigenvalue weighted by molar-refractivity contribution is 5.29. The van der Waals surface area contributed by atoms with Crippen LogP contribution in [0.1, 0.15) is 65.2 Å². The molecule has 0 bridgehead atoms. The number of alkyl halides is 7. The molecule has 0 heterocycles. The van der Waals surface area contributed by atoms with E-state index >= 15 is 0 Å². The van der Waals surface area contributed by atoms with Crippen molar-refractivity contribution in [3.05, 3.63) is 35.4 Å². The van der Waals surface area contributed by atoms with Gasteiger partial charge in [-0.15, -0.1) is 0 Å². The largest absolute Gasteiger partial charge is 0.431 e. The summed E-state index contributed by atoms with van der Waals surface area (Å²) in [7, 11) is 0. The van der Waals surface area contributed by atoms with E-state index in [1.54, 1.807) is 12.1 Å². The van der Waals surface area contributed by atoms with E-state index in [1.807, 2.05) is 20.8 Å². The Morgan fingerprint density at radius 2 is 1.18 bits per heavy atom. The third-order valence-electron chi connectivity index (χ3n) is 3.93. The molecule has 0 fully saturated rings. The number of hydrogen-bond acceptors (Lipinski definition) is 2. The molecule has 0 spiro atoms. The highest BCUT2D eigenvalue weighted by atomic mass is 19.4. The summed E-state index contributed by atoms with van der Waals surface area (Å²) in [5.41, 5.74) is -6.04. The number of halogens is 7. The van der Waals surface area contributed by atoms with Gasteiger partial charge in [-0.05, 0) is 37.3 Å². The van der Waals surface area contributed by atoms with Gasteiger partial charge in [0, 0.05) is 6.42 Å². The van der Waals surface area contributed by atoms with Crippen LogP contribution in [0.15, 0.2) is 24.3 Å². The third-order valence-corrected chi connectivity index (χ3v) is 3.93. The molecule has 1 aromatic carbocycles. The Morgan fingerprint density at radius 1 is 0.750 bits per heavy atom. The number of hydrogen-bond donors (Lipinski definition) is 0. The fourth-order valence-electron chi connectivity index (χ4n) is 2.26. The van der Waals surface area contributed by atoms with Gasteiger partial charge in [0.05, 0.1) is 5.60 Å². The quantitative estimate of drug-likeness (QED) is 0.291. The zero-order chi connectivity index (χ0) is 22.2. The van der Waals surface area contributed by atoms with Crippen LogP contribution >= 0.6 is 0 Å². The van der Waals surface area contributed by atoms with Crippen LogP contribution in [-0.2, 0) is 15.2 Å². The Bertz CT molecular complexity index is 621. The Morgan fingerprint density at radius 3 is 1.50 bits per heavy atom. The maximum atomic E-state index is 14.2. The minimum absolute atomic E-state index is 0.0622. The molecule has 0 N–H and O–H groups in total. The molecule has 1 atom stereocenters. The van der Waals surface area contributed by atoms with E-state index in [-0.39, 0.29) is 11.0 Å². The van der Waals surface area contributed by atoms with Gasteiger partial charge in [-0.2, -0.15) is 26.3 Å². The molecule has 0 aliphatic heterocycles. The highest BCUT2D eigenvalue weighted by Crippen LogP contribution is 2.51. The second-order valence-electron chi connectivity index (χ2n) is 8.65. The summed E-state index contributed by atoms with van der Waals surface area (Å²) < 4.78 is 92.1. The van der Waals surface area contributed by atoms with Crippen molar-refractivity contribution in [2.45, 2.75) is 83.1 Å². The van der Waals surface area contributed by atoms with Crippen LogP contribution in [0.5, 0.6) is 0 Å². The van der Waals surface area contributed by atoms with Crippen molar-refractivity contribution in [1.29, 1.82) is 0 Å². The Hall–Kier alpha value is -1.35. The van der Waals surface area contributed by atoms with Gasteiger partial charge in [0.15, 0.2) is 0 Å². The smallest absolute Gasteiger partial charge is 0.230 e. The monoisotopic (exact) mass is 418 g/mol. The van der Waals surface area contributed by atoms with Crippen LogP contribution in [0.2, 0.25) is 0 Å². The third kappa shape index (κ3) is 6.07. The van der Waals surface area contributed by atoms with Crippen LogP contribution in [0, 0.1) is 0 Å². The minimum atomic E-state index is -6.17. The van der Waals surface area contributed by atoms with Crippen molar-refractivity contribution in [1.82, 2.24) is 0 Å². The van der Waals surface area contributed by atoms with E-state index in [9.17, 15) is 30.7 Å². The van der Waals surface area contributed by atoms with Crippen molar-refractivity contribution >= 4 is 0 Å². The first-order valence-corrected chi connectivity index (χ1v) is 8.55. The Labute approximate surface area is 159 Å². The molecule has 28 heavy (non-hydrogen) atoms. The summed E-state index contributed by atoms with van der Waals surface area (Å²) in [6.07, 6.45) is -16.3. The van der Waals surface area contributed by atoms with Crippen molar-refractivity contribution in [2.24, 2.45) is 0 Å². The summed E-state index contributed by atoms with van der Waals surface area (Å²) in [6, 6.07) is 5.71. The first-order chi connectivity index (χ1) is 12.3. The predicted octanol–water partition coefficient (Wildman–Crippen LogP) is 6.99. The van der Waals surface area contributed by atoms with Crippen LogP contribution in [0.3, 0.4) is 0 Å². The molecule has 0 saturated heterocycles. The summed E-state index contributed by atoms with van der Waals surface area (Å²) in [4.78, 5) is 9.78. The number of benzene rings is 1. The maximum absolute atomic E-state index is 14.2. The van der Waals surface area contributed by atoms with Gasteiger partial charge < -0.3 is 0 Å². The average molecular weight is 418 g/mol. The first-order valence-electron chi connectivity index (χ1n) is 8.55. The molecule has 2 nitrogen and oxygen atoms in total. The fraction of sp³-hybridized carbons (Fsp3) is 0.684. The molecule has 0 aromatic heterocycles. The van der Waals surface area contributed by atoms with Gasteiger partial charge in [0.1, 0.15) is 6.10 Å². The van der Waals surface area contributed by atoms with Crippen LogP contribution in [0.4, 0.5) is 30.7 Å². The lowest BCUT2D eigenvalue weighted by atomic mass is 9.85. The van der Waals surface area contributed by atoms with E-state index in [0.29, 0.717) is 0 Å². The van der Waals surface area contributed by atoms with Crippen LogP contribution in [-0.4, -0.2) is 23.6 Å². The maximum Gasteiger partial charge on any atom is 0.431 e. The van der Waals surface area contributed by atoms with Crippen molar-refractivity contribution in [3.63, 3.8) is 0 Å². The van der Waals surface area contributed by atoms with E-state index in [2.05, 4.69) is 0 Å². The van der Waals surface area contributed by atoms with Crippen molar-refractivity contribution < 1.29 is 40.5 Å². The molecule has 1 rings (SSSR count).